The Morgan fingerprint density at radius 3 is 2.54 bits per heavy atom. The minimum absolute atomic E-state index is 0.260. The molecule has 0 N–H and O–H groups in total. The number of halogens is 1. The van der Waals surface area contributed by atoms with Crippen LogP contribution in [0, 0.1) is 0 Å². The molecule has 1 aromatic heterocycles. The first kappa shape index (κ1) is 17.4. The average molecular weight is 366 g/mol. The molecule has 0 bridgehead atoms. The van der Waals surface area contributed by atoms with E-state index in [9.17, 15) is 8.42 Å². The van der Waals surface area contributed by atoms with Gasteiger partial charge in [-0.3, -0.25) is 9.88 Å². The standard InChI is InChI=1S/C17H20ClN3O2S/c18-16-6-4-15(5-7-16)14-20-9-2-10-21(12-11-20)24(22,23)17-3-1-8-19-13-17/h1,3-8,13H,2,9-12,14H2. The molecule has 7 heteroatoms. The quantitative estimate of drug-likeness (QED) is 0.835. The van der Waals surface area contributed by atoms with Crippen LogP contribution in [0.15, 0.2) is 53.7 Å². The van der Waals surface area contributed by atoms with Gasteiger partial charge in [0.25, 0.3) is 0 Å². The van der Waals surface area contributed by atoms with E-state index in [2.05, 4.69) is 9.88 Å². The second-order valence-corrected chi connectivity index (χ2v) is 8.22. The lowest BCUT2D eigenvalue weighted by atomic mass is 10.2. The summed E-state index contributed by atoms with van der Waals surface area (Å²) in [5, 5.41) is 0.725. The minimum Gasteiger partial charge on any atom is -0.298 e. The van der Waals surface area contributed by atoms with Gasteiger partial charge >= 0.3 is 0 Å². The van der Waals surface area contributed by atoms with Crippen LogP contribution in [0.25, 0.3) is 0 Å². The second-order valence-electron chi connectivity index (χ2n) is 5.85. The van der Waals surface area contributed by atoms with Gasteiger partial charge in [-0.1, -0.05) is 23.7 Å². The Labute approximate surface area is 147 Å². The Kier molecular flexibility index (Phi) is 5.50. The number of nitrogens with zero attached hydrogens (tertiary/aromatic N) is 3. The zero-order chi connectivity index (χ0) is 17.0. The molecule has 5 nitrogen and oxygen atoms in total. The molecule has 0 aliphatic carbocycles. The molecular weight excluding hydrogens is 346 g/mol. The summed E-state index contributed by atoms with van der Waals surface area (Å²) in [5.74, 6) is 0. The Morgan fingerprint density at radius 1 is 1.04 bits per heavy atom. The van der Waals surface area contributed by atoms with Crippen LogP contribution in [0.1, 0.15) is 12.0 Å². The predicted molar refractivity (Wildman–Crippen MR) is 94.3 cm³/mol. The lowest BCUT2D eigenvalue weighted by Crippen LogP contribution is -2.35. The Bertz CT molecular complexity index is 766. The molecule has 0 amide bonds. The van der Waals surface area contributed by atoms with Crippen molar-refractivity contribution in [3.05, 3.63) is 59.4 Å². The van der Waals surface area contributed by atoms with E-state index >= 15 is 0 Å². The highest BCUT2D eigenvalue weighted by molar-refractivity contribution is 7.89. The highest BCUT2D eigenvalue weighted by Crippen LogP contribution is 2.18. The first-order valence-electron chi connectivity index (χ1n) is 7.93. The van der Waals surface area contributed by atoms with Crippen LogP contribution in [0.2, 0.25) is 5.02 Å². The van der Waals surface area contributed by atoms with Gasteiger partial charge in [0.15, 0.2) is 0 Å². The summed E-state index contributed by atoms with van der Waals surface area (Å²) in [4.78, 5) is 6.46. The van der Waals surface area contributed by atoms with E-state index in [0.717, 1.165) is 24.5 Å². The maximum absolute atomic E-state index is 12.7. The van der Waals surface area contributed by atoms with Crippen molar-refractivity contribution in [3.63, 3.8) is 0 Å². The summed E-state index contributed by atoms with van der Waals surface area (Å²) in [6.07, 6.45) is 3.80. The summed E-state index contributed by atoms with van der Waals surface area (Å²) < 4.78 is 27.0. The molecule has 0 saturated carbocycles. The molecule has 0 atom stereocenters. The molecule has 1 fully saturated rings. The first-order chi connectivity index (χ1) is 11.6. The zero-order valence-electron chi connectivity index (χ0n) is 13.3. The van der Waals surface area contributed by atoms with Crippen LogP contribution >= 0.6 is 11.6 Å². The fourth-order valence-electron chi connectivity index (χ4n) is 2.84. The largest absolute Gasteiger partial charge is 0.298 e. The van der Waals surface area contributed by atoms with E-state index < -0.39 is 10.0 Å². The lowest BCUT2D eigenvalue weighted by Gasteiger charge is -2.21. The third-order valence-electron chi connectivity index (χ3n) is 4.14. The molecule has 2 aromatic rings. The molecule has 0 radical (unpaired) electrons. The first-order valence-corrected chi connectivity index (χ1v) is 9.74. The van der Waals surface area contributed by atoms with Crippen molar-refractivity contribution in [2.45, 2.75) is 17.9 Å². The number of hydrogen-bond donors (Lipinski definition) is 0. The van der Waals surface area contributed by atoms with E-state index in [1.165, 1.54) is 11.8 Å². The molecule has 1 aliphatic rings. The minimum atomic E-state index is -3.46. The topological polar surface area (TPSA) is 53.5 Å². The number of benzene rings is 1. The summed E-state index contributed by atoms with van der Waals surface area (Å²) in [5.41, 5.74) is 1.18. The third-order valence-corrected chi connectivity index (χ3v) is 6.27. The maximum atomic E-state index is 12.7. The maximum Gasteiger partial charge on any atom is 0.244 e. The van der Waals surface area contributed by atoms with Gasteiger partial charge in [0.2, 0.25) is 10.0 Å². The molecule has 24 heavy (non-hydrogen) atoms. The number of hydrogen-bond acceptors (Lipinski definition) is 4. The third kappa shape index (κ3) is 4.13. The van der Waals surface area contributed by atoms with E-state index in [1.807, 2.05) is 24.3 Å². The van der Waals surface area contributed by atoms with Crippen LogP contribution in [-0.4, -0.2) is 48.8 Å². The lowest BCUT2D eigenvalue weighted by molar-refractivity contribution is 0.278. The molecule has 0 unspecified atom stereocenters. The average Bonchev–Trinajstić information content (AvgIpc) is 2.84. The zero-order valence-corrected chi connectivity index (χ0v) is 14.9. The van der Waals surface area contributed by atoms with Crippen molar-refractivity contribution in [2.24, 2.45) is 0 Å². The van der Waals surface area contributed by atoms with Crippen molar-refractivity contribution < 1.29 is 8.42 Å². The number of rotatable bonds is 4. The van der Waals surface area contributed by atoms with E-state index in [-0.39, 0.29) is 4.90 Å². The molecule has 2 heterocycles. The van der Waals surface area contributed by atoms with Crippen LogP contribution in [-0.2, 0) is 16.6 Å². The SMILES string of the molecule is O=S(=O)(c1cccnc1)N1CCCN(Cc2ccc(Cl)cc2)CC1. The summed E-state index contributed by atoms with van der Waals surface area (Å²) >= 11 is 5.92. The molecular formula is C17H20ClN3O2S. The molecule has 0 spiro atoms. The van der Waals surface area contributed by atoms with Crippen molar-refractivity contribution >= 4 is 21.6 Å². The highest BCUT2D eigenvalue weighted by atomic mass is 35.5. The van der Waals surface area contributed by atoms with Gasteiger partial charge in [0.1, 0.15) is 4.90 Å². The van der Waals surface area contributed by atoms with Gasteiger partial charge in [0, 0.05) is 43.6 Å². The molecule has 1 saturated heterocycles. The molecule has 3 rings (SSSR count). The van der Waals surface area contributed by atoms with Crippen LogP contribution in [0.4, 0.5) is 0 Å². The summed E-state index contributed by atoms with van der Waals surface area (Å²) in [6.45, 7) is 3.42. The normalized spacial score (nSPS) is 17.5. The van der Waals surface area contributed by atoms with Crippen molar-refractivity contribution in [2.75, 3.05) is 26.2 Å². The fraction of sp³-hybridized carbons (Fsp3) is 0.353. The molecule has 1 aliphatic heterocycles. The smallest absolute Gasteiger partial charge is 0.244 e. The van der Waals surface area contributed by atoms with Crippen molar-refractivity contribution in [1.29, 1.82) is 0 Å². The van der Waals surface area contributed by atoms with Crippen molar-refractivity contribution in [3.8, 4) is 0 Å². The van der Waals surface area contributed by atoms with Crippen molar-refractivity contribution in [1.82, 2.24) is 14.2 Å². The van der Waals surface area contributed by atoms with Gasteiger partial charge in [-0.15, -0.1) is 0 Å². The number of sulfonamides is 1. The van der Waals surface area contributed by atoms with Gasteiger partial charge in [-0.25, -0.2) is 8.42 Å². The summed E-state index contributed by atoms with van der Waals surface area (Å²) in [7, 11) is -3.46. The molecule has 1 aromatic carbocycles. The summed E-state index contributed by atoms with van der Waals surface area (Å²) in [6, 6.07) is 11.0. The Morgan fingerprint density at radius 2 is 1.83 bits per heavy atom. The highest BCUT2D eigenvalue weighted by Gasteiger charge is 2.26. The van der Waals surface area contributed by atoms with Crippen LogP contribution in [0.5, 0.6) is 0 Å². The monoisotopic (exact) mass is 365 g/mol. The predicted octanol–water partition coefficient (Wildman–Crippen LogP) is 2.63. The van der Waals surface area contributed by atoms with E-state index in [4.69, 9.17) is 11.6 Å². The molecule has 128 valence electrons. The van der Waals surface area contributed by atoms with Crippen LogP contribution in [0.3, 0.4) is 0 Å². The number of aromatic nitrogens is 1. The second kappa shape index (κ2) is 7.61. The van der Waals surface area contributed by atoms with Gasteiger partial charge in [-0.05, 0) is 42.8 Å². The fourth-order valence-corrected chi connectivity index (χ4v) is 4.40. The van der Waals surface area contributed by atoms with E-state index in [0.29, 0.717) is 19.6 Å². The van der Waals surface area contributed by atoms with Crippen LogP contribution < -0.4 is 0 Å². The van der Waals surface area contributed by atoms with E-state index in [1.54, 1.807) is 22.6 Å². The van der Waals surface area contributed by atoms with Gasteiger partial charge in [0.05, 0.1) is 0 Å². The van der Waals surface area contributed by atoms with Gasteiger partial charge in [-0.2, -0.15) is 4.31 Å². The Balaban J connectivity index is 1.66. The Hall–Kier alpha value is -1.47. The van der Waals surface area contributed by atoms with Gasteiger partial charge < -0.3 is 0 Å². The number of pyridine rings is 1.